The maximum atomic E-state index is 11.4. The predicted octanol–water partition coefficient (Wildman–Crippen LogP) is 3.12. The molecule has 0 aromatic carbocycles. The van der Waals surface area contributed by atoms with Crippen molar-refractivity contribution in [1.82, 2.24) is 9.97 Å². The van der Waals surface area contributed by atoms with Gasteiger partial charge < -0.3 is 9.47 Å². The Kier molecular flexibility index (Phi) is 8.30. The molecule has 0 unspecified atom stereocenters. The van der Waals surface area contributed by atoms with E-state index in [1.165, 1.54) is 12.4 Å². The van der Waals surface area contributed by atoms with Crippen molar-refractivity contribution in [2.24, 2.45) is 0 Å². The Balaban J connectivity index is 0.00000154. The molecule has 0 aliphatic heterocycles. The Morgan fingerprint density at radius 1 is 1.26 bits per heavy atom. The molecule has 1 aromatic rings. The summed E-state index contributed by atoms with van der Waals surface area (Å²) in [5, 5.41) is 0.583. The summed E-state index contributed by atoms with van der Waals surface area (Å²) in [6.07, 6.45) is 3.04. The molecule has 0 bridgehead atoms. The number of rotatable bonds is 4. The first-order valence-electron chi connectivity index (χ1n) is 6.12. The van der Waals surface area contributed by atoms with Crippen molar-refractivity contribution in [3.63, 3.8) is 0 Å². The monoisotopic (exact) mass is 332 g/mol. The van der Waals surface area contributed by atoms with Gasteiger partial charge in [-0.15, -0.1) is 0 Å². The first-order chi connectivity index (χ1) is 8.90. The summed E-state index contributed by atoms with van der Waals surface area (Å²) < 4.78 is 10.3. The van der Waals surface area contributed by atoms with Gasteiger partial charge in [0.25, 0.3) is 0 Å². The maximum Gasteiger partial charge on any atom is 0.344 e. The minimum absolute atomic E-state index is 0.145. The van der Waals surface area contributed by atoms with Crippen LogP contribution in [-0.2, 0) is 14.9 Å². The number of hydrogen-bond acceptors (Lipinski definition) is 5. The van der Waals surface area contributed by atoms with Gasteiger partial charge in [-0.3, -0.25) is 0 Å². The first-order valence-corrected chi connectivity index (χ1v) is 7.24. The average molecular weight is 333 g/mol. The van der Waals surface area contributed by atoms with E-state index in [1.54, 1.807) is 20.8 Å². The van der Waals surface area contributed by atoms with Crippen LogP contribution in [0, 0.1) is 0 Å². The summed E-state index contributed by atoms with van der Waals surface area (Å²) in [5.41, 5.74) is -0.503. The molecule has 0 spiro atoms. The second-order valence-corrected chi connectivity index (χ2v) is 4.90. The molecule has 0 atom stereocenters. The number of alkyl halides is 1. The Hall–Kier alpha value is -1.17. The zero-order valence-corrected chi connectivity index (χ0v) is 13.7. The highest BCUT2D eigenvalue weighted by Gasteiger charge is 2.16. The van der Waals surface area contributed by atoms with E-state index in [2.05, 4.69) is 25.9 Å². The normalized spacial score (nSPS) is 10.2. The van der Waals surface area contributed by atoms with Crippen LogP contribution in [0.25, 0.3) is 0 Å². The van der Waals surface area contributed by atoms with Gasteiger partial charge in [-0.25, -0.2) is 14.8 Å². The van der Waals surface area contributed by atoms with Crippen molar-refractivity contribution in [1.29, 1.82) is 0 Å². The minimum Gasteiger partial charge on any atom is -0.479 e. The highest BCUT2D eigenvalue weighted by atomic mass is 79.9. The molecule has 108 valence electrons. The van der Waals surface area contributed by atoms with Gasteiger partial charge in [-0.2, -0.15) is 0 Å². The van der Waals surface area contributed by atoms with Crippen LogP contribution in [0.5, 0.6) is 5.75 Å². The fourth-order valence-electron chi connectivity index (χ4n) is 1.000. The van der Waals surface area contributed by atoms with Gasteiger partial charge in [0.05, 0.1) is 17.7 Å². The third kappa shape index (κ3) is 8.53. The van der Waals surface area contributed by atoms with Crippen molar-refractivity contribution in [3.05, 3.63) is 18.2 Å². The van der Waals surface area contributed by atoms with Gasteiger partial charge in [0.1, 0.15) is 11.4 Å². The van der Waals surface area contributed by atoms with E-state index in [4.69, 9.17) is 9.47 Å². The van der Waals surface area contributed by atoms with Crippen LogP contribution in [0.3, 0.4) is 0 Å². The summed E-state index contributed by atoms with van der Waals surface area (Å²) in [4.78, 5) is 19.4. The lowest BCUT2D eigenvalue weighted by Gasteiger charge is -2.19. The number of aromatic nitrogens is 2. The van der Waals surface area contributed by atoms with E-state index in [0.717, 1.165) is 0 Å². The zero-order chi connectivity index (χ0) is 14.9. The van der Waals surface area contributed by atoms with Crippen LogP contribution in [0.2, 0.25) is 0 Å². The fourth-order valence-corrected chi connectivity index (χ4v) is 1.29. The molecule has 0 radical (unpaired) electrons. The summed E-state index contributed by atoms with van der Waals surface area (Å²) >= 11 is 3.24. The summed E-state index contributed by atoms with van der Waals surface area (Å²) in [5.74, 6) is 0.692. The quantitative estimate of drug-likeness (QED) is 0.626. The topological polar surface area (TPSA) is 61.3 Å². The van der Waals surface area contributed by atoms with Crippen molar-refractivity contribution < 1.29 is 14.3 Å². The fraction of sp³-hybridized carbons (Fsp3) is 0.615. The molecule has 1 aromatic heterocycles. The largest absolute Gasteiger partial charge is 0.479 e. The van der Waals surface area contributed by atoms with E-state index in [0.29, 0.717) is 16.9 Å². The predicted molar refractivity (Wildman–Crippen MR) is 77.4 cm³/mol. The summed E-state index contributed by atoms with van der Waals surface area (Å²) in [6, 6.07) is 0. The SMILES string of the molecule is CC.CC(C)(C)OC(=O)COc1cnc(CBr)nc1. The lowest BCUT2D eigenvalue weighted by molar-refractivity contribution is -0.157. The Morgan fingerprint density at radius 3 is 2.21 bits per heavy atom. The molecule has 5 nitrogen and oxygen atoms in total. The highest BCUT2D eigenvalue weighted by Crippen LogP contribution is 2.10. The van der Waals surface area contributed by atoms with E-state index in [9.17, 15) is 4.79 Å². The van der Waals surface area contributed by atoms with Crippen LogP contribution in [0.4, 0.5) is 0 Å². The molecule has 1 heterocycles. The average Bonchev–Trinajstić information content (AvgIpc) is 2.37. The van der Waals surface area contributed by atoms with E-state index < -0.39 is 11.6 Å². The van der Waals surface area contributed by atoms with Crippen LogP contribution < -0.4 is 4.74 Å². The molecule has 1 rings (SSSR count). The standard InChI is InChI=1S/C11H15BrN2O3.C2H6/c1-11(2,3)17-10(15)7-16-8-5-13-9(4-12)14-6-8;1-2/h5-6H,4,7H2,1-3H3;1-2H3. The number of halogens is 1. The first kappa shape index (κ1) is 17.8. The summed E-state index contributed by atoms with van der Waals surface area (Å²) in [7, 11) is 0. The molecule has 0 amide bonds. The molecule has 0 aliphatic carbocycles. The third-order valence-corrected chi connectivity index (χ3v) is 2.08. The second-order valence-electron chi connectivity index (χ2n) is 4.34. The van der Waals surface area contributed by atoms with Gasteiger partial charge in [0.2, 0.25) is 0 Å². The van der Waals surface area contributed by atoms with Crippen molar-refractivity contribution in [3.8, 4) is 5.75 Å². The van der Waals surface area contributed by atoms with Crippen LogP contribution in [0.15, 0.2) is 12.4 Å². The van der Waals surface area contributed by atoms with Gasteiger partial charge in [0, 0.05) is 0 Å². The number of ether oxygens (including phenoxy) is 2. The molecule has 0 saturated heterocycles. The molecule has 6 heteroatoms. The number of carbonyl (C=O) groups excluding carboxylic acids is 1. The molecule has 0 N–H and O–H groups in total. The van der Waals surface area contributed by atoms with Crippen molar-refractivity contribution >= 4 is 21.9 Å². The second kappa shape index (κ2) is 8.85. The van der Waals surface area contributed by atoms with E-state index >= 15 is 0 Å². The Morgan fingerprint density at radius 2 is 1.79 bits per heavy atom. The lowest BCUT2D eigenvalue weighted by atomic mass is 10.2. The molecule has 19 heavy (non-hydrogen) atoms. The van der Waals surface area contributed by atoms with Crippen molar-refractivity contribution in [2.75, 3.05) is 6.61 Å². The van der Waals surface area contributed by atoms with E-state index in [1.807, 2.05) is 13.8 Å². The Labute approximate surface area is 122 Å². The molecular formula is C13H21BrN2O3. The van der Waals surface area contributed by atoms with Crippen LogP contribution in [0.1, 0.15) is 40.4 Å². The molecule has 0 aliphatic rings. The van der Waals surface area contributed by atoms with E-state index in [-0.39, 0.29) is 6.61 Å². The summed E-state index contributed by atoms with van der Waals surface area (Å²) in [6.45, 7) is 9.27. The lowest BCUT2D eigenvalue weighted by Crippen LogP contribution is -2.27. The van der Waals surface area contributed by atoms with Gasteiger partial charge in [-0.05, 0) is 20.8 Å². The number of nitrogens with zero attached hydrogens (tertiary/aromatic N) is 2. The molecular weight excluding hydrogens is 312 g/mol. The van der Waals surface area contributed by atoms with Crippen molar-refractivity contribution in [2.45, 2.75) is 45.5 Å². The number of carbonyl (C=O) groups is 1. The third-order valence-electron chi connectivity index (χ3n) is 1.58. The maximum absolute atomic E-state index is 11.4. The zero-order valence-electron chi connectivity index (χ0n) is 12.1. The minimum atomic E-state index is -0.503. The smallest absolute Gasteiger partial charge is 0.344 e. The van der Waals surface area contributed by atoms with Crippen LogP contribution in [-0.4, -0.2) is 28.1 Å². The number of hydrogen-bond donors (Lipinski definition) is 0. The van der Waals surface area contributed by atoms with Gasteiger partial charge in [-0.1, -0.05) is 29.8 Å². The molecule has 0 fully saturated rings. The Bertz CT molecular complexity index is 374. The molecule has 0 saturated carbocycles. The van der Waals surface area contributed by atoms with Gasteiger partial charge >= 0.3 is 5.97 Å². The number of esters is 1. The highest BCUT2D eigenvalue weighted by molar-refractivity contribution is 9.08. The van der Waals surface area contributed by atoms with Gasteiger partial charge in [0.15, 0.2) is 12.4 Å². The van der Waals surface area contributed by atoms with Crippen LogP contribution >= 0.6 is 15.9 Å².